The van der Waals surface area contributed by atoms with E-state index in [4.69, 9.17) is 9.47 Å². The molecule has 2 aliphatic rings. The normalized spacial score (nSPS) is 26.3. The average Bonchev–Trinajstić information content (AvgIpc) is 2.47. The van der Waals surface area contributed by atoms with E-state index in [2.05, 4.69) is 5.32 Å². The molecular formula is C19H23F3N2O5. The Morgan fingerprint density at radius 3 is 2.34 bits per heavy atom. The number of alkyl carbamates (subject to hydrolysis) is 1. The van der Waals surface area contributed by atoms with Crippen molar-refractivity contribution < 1.29 is 32.4 Å². The van der Waals surface area contributed by atoms with E-state index < -0.39 is 34.0 Å². The van der Waals surface area contributed by atoms with E-state index >= 15 is 0 Å². The first-order valence-corrected chi connectivity index (χ1v) is 9.28. The molecule has 1 N–H and O–H groups in total. The van der Waals surface area contributed by atoms with E-state index in [0.717, 1.165) is 18.9 Å². The predicted molar refractivity (Wildman–Crippen MR) is 96.6 cm³/mol. The van der Waals surface area contributed by atoms with Crippen LogP contribution >= 0.6 is 0 Å². The summed E-state index contributed by atoms with van der Waals surface area (Å²) in [6, 6.07) is 2.70. The van der Waals surface area contributed by atoms with Crippen LogP contribution in [0.2, 0.25) is 0 Å². The summed E-state index contributed by atoms with van der Waals surface area (Å²) in [4.78, 5) is 21.5. The van der Waals surface area contributed by atoms with Crippen LogP contribution in [0.3, 0.4) is 0 Å². The van der Waals surface area contributed by atoms with Crippen LogP contribution in [0.1, 0.15) is 52.0 Å². The van der Waals surface area contributed by atoms with Gasteiger partial charge in [-0.15, -0.1) is 0 Å². The van der Waals surface area contributed by atoms with Gasteiger partial charge in [-0.25, -0.2) is 4.79 Å². The highest BCUT2D eigenvalue weighted by Gasteiger charge is 2.54. The van der Waals surface area contributed by atoms with Crippen molar-refractivity contribution in [2.75, 3.05) is 0 Å². The van der Waals surface area contributed by atoms with Crippen LogP contribution in [-0.2, 0) is 10.9 Å². The highest BCUT2D eigenvalue weighted by molar-refractivity contribution is 5.68. The molecule has 0 radical (unpaired) electrons. The summed E-state index contributed by atoms with van der Waals surface area (Å²) in [6.07, 6.45) is -2.69. The molecule has 0 aliphatic heterocycles. The molecule has 2 fully saturated rings. The Morgan fingerprint density at radius 2 is 1.83 bits per heavy atom. The van der Waals surface area contributed by atoms with Crippen molar-refractivity contribution in [3.8, 4) is 5.75 Å². The molecule has 2 saturated carbocycles. The lowest BCUT2D eigenvalue weighted by atomic mass is 9.53. The van der Waals surface area contributed by atoms with Gasteiger partial charge in [0.2, 0.25) is 0 Å². The lowest BCUT2D eigenvalue weighted by Crippen LogP contribution is -2.59. The Bertz CT molecular complexity index is 805. The van der Waals surface area contributed by atoms with Crippen LogP contribution in [0.15, 0.2) is 18.2 Å². The predicted octanol–water partition coefficient (Wildman–Crippen LogP) is 4.83. The Kier molecular flexibility index (Phi) is 5.17. The van der Waals surface area contributed by atoms with E-state index in [1.165, 1.54) is 6.07 Å². The van der Waals surface area contributed by atoms with E-state index in [-0.39, 0.29) is 23.3 Å². The van der Waals surface area contributed by atoms with Gasteiger partial charge >= 0.3 is 12.3 Å². The third-order valence-electron chi connectivity index (χ3n) is 5.17. The summed E-state index contributed by atoms with van der Waals surface area (Å²) in [5, 5.41) is 13.6. The molecule has 1 amide bonds. The summed E-state index contributed by atoms with van der Waals surface area (Å²) < 4.78 is 50.0. The van der Waals surface area contributed by atoms with E-state index in [9.17, 15) is 28.1 Å². The number of carbonyl (C=O) groups excluding carboxylic acids is 1. The summed E-state index contributed by atoms with van der Waals surface area (Å²) in [7, 11) is 0. The number of nitrogens with one attached hydrogen (secondary N) is 1. The van der Waals surface area contributed by atoms with Crippen molar-refractivity contribution in [3.63, 3.8) is 0 Å². The molecule has 0 saturated heterocycles. The molecular weight excluding hydrogens is 393 g/mol. The van der Waals surface area contributed by atoms with Gasteiger partial charge in [0.05, 0.1) is 11.0 Å². The summed E-state index contributed by atoms with van der Waals surface area (Å²) in [5.74, 6) is -0.0365. The minimum Gasteiger partial charge on any atom is -0.490 e. The molecule has 0 heterocycles. The third-order valence-corrected chi connectivity index (χ3v) is 5.17. The number of amides is 1. The molecule has 7 nitrogen and oxygen atoms in total. The number of alkyl halides is 3. The Balaban J connectivity index is 1.51. The number of nitro groups is 1. The SMILES string of the molecule is CC(C)(C)OC(=O)NC1CC2(C1)CC(Oc1ccc([N+](=O)[O-])c(C(F)(F)F)c1)C2. The number of halogens is 3. The van der Waals surface area contributed by atoms with Gasteiger partial charge in [0.15, 0.2) is 0 Å². The number of nitrogens with zero attached hydrogens (tertiary/aromatic N) is 1. The molecule has 1 aromatic rings. The second-order valence-electron chi connectivity index (χ2n) is 8.83. The van der Waals surface area contributed by atoms with Gasteiger partial charge in [0.1, 0.15) is 16.9 Å². The minimum atomic E-state index is -4.84. The minimum absolute atomic E-state index is 0.0157. The van der Waals surface area contributed by atoms with Gasteiger partial charge in [-0.1, -0.05) is 0 Å². The Morgan fingerprint density at radius 1 is 1.21 bits per heavy atom. The third kappa shape index (κ3) is 4.91. The smallest absolute Gasteiger partial charge is 0.423 e. The van der Waals surface area contributed by atoms with Crippen molar-refractivity contribution in [2.24, 2.45) is 5.41 Å². The van der Waals surface area contributed by atoms with Gasteiger partial charge in [-0.2, -0.15) is 13.2 Å². The first kappa shape index (κ1) is 21.2. The van der Waals surface area contributed by atoms with E-state index in [1.54, 1.807) is 20.8 Å². The number of rotatable bonds is 4. The van der Waals surface area contributed by atoms with Crippen LogP contribution in [0.4, 0.5) is 23.7 Å². The highest BCUT2D eigenvalue weighted by atomic mass is 19.4. The average molecular weight is 416 g/mol. The number of benzene rings is 1. The molecule has 0 aromatic heterocycles. The maximum atomic E-state index is 13.1. The monoisotopic (exact) mass is 416 g/mol. The first-order chi connectivity index (χ1) is 13.3. The van der Waals surface area contributed by atoms with Crippen molar-refractivity contribution in [3.05, 3.63) is 33.9 Å². The fraction of sp³-hybridized carbons (Fsp3) is 0.632. The molecule has 0 atom stereocenters. The maximum absolute atomic E-state index is 13.1. The molecule has 0 bridgehead atoms. The van der Waals surface area contributed by atoms with Crippen molar-refractivity contribution in [1.29, 1.82) is 0 Å². The summed E-state index contributed by atoms with van der Waals surface area (Å²) >= 11 is 0. The summed E-state index contributed by atoms with van der Waals surface area (Å²) in [6.45, 7) is 5.35. The quantitative estimate of drug-likeness (QED) is 0.561. The largest absolute Gasteiger partial charge is 0.490 e. The number of nitro benzene ring substituents is 1. The number of hydrogen-bond donors (Lipinski definition) is 1. The fourth-order valence-electron chi connectivity index (χ4n) is 4.05. The Labute approximate surface area is 165 Å². The fourth-order valence-corrected chi connectivity index (χ4v) is 4.05. The molecule has 0 unspecified atom stereocenters. The lowest BCUT2D eigenvalue weighted by molar-refractivity contribution is -0.388. The van der Waals surface area contributed by atoms with Gasteiger partial charge < -0.3 is 14.8 Å². The van der Waals surface area contributed by atoms with Gasteiger partial charge in [-0.3, -0.25) is 10.1 Å². The second kappa shape index (κ2) is 7.07. The number of ether oxygens (including phenoxy) is 2. The first-order valence-electron chi connectivity index (χ1n) is 9.28. The van der Waals surface area contributed by atoms with Crippen LogP contribution < -0.4 is 10.1 Å². The molecule has 1 aromatic carbocycles. The zero-order chi connectivity index (χ0) is 21.6. The topological polar surface area (TPSA) is 90.7 Å². The molecule has 3 rings (SSSR count). The van der Waals surface area contributed by atoms with Gasteiger partial charge in [-0.05, 0) is 64.0 Å². The lowest BCUT2D eigenvalue weighted by Gasteiger charge is -2.57. The molecule has 29 heavy (non-hydrogen) atoms. The highest BCUT2D eigenvalue weighted by Crippen LogP contribution is 2.57. The number of hydrogen-bond acceptors (Lipinski definition) is 5. The van der Waals surface area contributed by atoms with Crippen molar-refractivity contribution in [2.45, 2.75) is 70.4 Å². The Hall–Kier alpha value is -2.52. The summed E-state index contributed by atoms with van der Waals surface area (Å²) in [5.41, 5.74) is -2.86. The van der Waals surface area contributed by atoms with Crippen LogP contribution in [0.5, 0.6) is 5.75 Å². The zero-order valence-corrected chi connectivity index (χ0v) is 16.3. The van der Waals surface area contributed by atoms with Gasteiger partial charge in [0.25, 0.3) is 5.69 Å². The molecule has 1 spiro atoms. The van der Waals surface area contributed by atoms with Crippen LogP contribution in [-0.4, -0.2) is 28.8 Å². The molecule has 10 heteroatoms. The maximum Gasteiger partial charge on any atom is 0.423 e. The van der Waals surface area contributed by atoms with E-state index in [0.29, 0.717) is 18.9 Å². The molecule has 160 valence electrons. The number of carbonyl (C=O) groups is 1. The van der Waals surface area contributed by atoms with E-state index in [1.807, 2.05) is 0 Å². The van der Waals surface area contributed by atoms with Crippen LogP contribution in [0, 0.1) is 15.5 Å². The molecule has 2 aliphatic carbocycles. The van der Waals surface area contributed by atoms with Crippen molar-refractivity contribution in [1.82, 2.24) is 5.32 Å². The van der Waals surface area contributed by atoms with Crippen LogP contribution in [0.25, 0.3) is 0 Å². The van der Waals surface area contributed by atoms with Crippen molar-refractivity contribution >= 4 is 11.8 Å². The standard InChI is InChI=1S/C19H23F3N2O5/c1-17(2,3)29-16(25)23-11-7-18(8-11)9-13(10-18)28-12-4-5-15(24(26)27)14(6-12)19(20,21)22/h4-6,11,13H,7-10H2,1-3H3,(H,23,25). The zero-order valence-electron chi connectivity index (χ0n) is 16.3. The second-order valence-corrected chi connectivity index (χ2v) is 8.83. The van der Waals surface area contributed by atoms with Gasteiger partial charge in [0, 0.05) is 12.1 Å².